The molecule has 2 aliphatic heterocycles. The Hall–Kier alpha value is -1.87. The molecule has 0 spiro atoms. The Labute approximate surface area is 162 Å². The molecule has 0 radical (unpaired) electrons. The van der Waals surface area contributed by atoms with Crippen LogP contribution >= 0.6 is 0 Å². The lowest BCUT2D eigenvalue weighted by molar-refractivity contribution is -0.914. The molecule has 3 heteroatoms. The quantitative estimate of drug-likeness (QED) is 0.891. The number of nitrogens with one attached hydrogen (secondary N) is 1. The van der Waals surface area contributed by atoms with Crippen LogP contribution in [0.25, 0.3) is 11.1 Å². The van der Waals surface area contributed by atoms with E-state index in [1.54, 1.807) is 11.0 Å². The van der Waals surface area contributed by atoms with Crippen molar-refractivity contribution in [2.45, 2.75) is 51.0 Å². The molecule has 1 aromatic heterocycles. The van der Waals surface area contributed by atoms with Crippen LogP contribution in [0.2, 0.25) is 0 Å². The number of benzene rings is 1. The molecule has 3 heterocycles. The molecule has 1 saturated carbocycles. The van der Waals surface area contributed by atoms with Gasteiger partial charge in [0.15, 0.2) is 0 Å². The van der Waals surface area contributed by atoms with E-state index in [4.69, 9.17) is 0 Å². The maximum Gasteiger partial charge on any atom is 0.250 e. The number of hydrogen-bond acceptors (Lipinski definition) is 1. The fourth-order valence-corrected chi connectivity index (χ4v) is 6.07. The average molecular weight is 364 g/mol. The molecule has 1 unspecified atom stereocenters. The Balaban J connectivity index is 1.46. The van der Waals surface area contributed by atoms with Gasteiger partial charge in [-0.05, 0) is 30.9 Å². The van der Waals surface area contributed by atoms with E-state index in [1.807, 2.05) is 0 Å². The second-order valence-electron chi connectivity index (χ2n) is 9.11. The van der Waals surface area contributed by atoms with E-state index in [-0.39, 0.29) is 5.56 Å². The first-order valence-electron chi connectivity index (χ1n) is 10.9. The summed E-state index contributed by atoms with van der Waals surface area (Å²) in [6.07, 6.45) is 8.43. The third-order valence-corrected chi connectivity index (χ3v) is 7.17. The van der Waals surface area contributed by atoms with E-state index in [0.29, 0.717) is 11.8 Å². The molecule has 142 valence electrons. The van der Waals surface area contributed by atoms with Gasteiger partial charge in [0.05, 0.1) is 19.6 Å². The van der Waals surface area contributed by atoms with E-state index in [0.717, 1.165) is 12.5 Å². The van der Waals surface area contributed by atoms with Crippen molar-refractivity contribution in [3.05, 3.63) is 58.5 Å². The first kappa shape index (κ1) is 17.2. The largest absolute Gasteiger partial charge is 0.334 e. The molecule has 5 rings (SSSR count). The number of pyridine rings is 1. The second kappa shape index (κ2) is 7.27. The standard InChI is InChI=1S/C24H30N2O/c27-23-12-11-22(20-9-5-2-6-10-20)24-21-13-19(16-26(23)24)15-25(17-21)14-18-7-3-1-4-8-18/h2,5-6,9-12,18-19,21H,1,3-4,7-8,13-17H2/p+1/t19-,21+/m0/s1. The Bertz CT molecular complexity index is 850. The molecule has 1 N–H and O–H groups in total. The lowest BCUT2D eigenvalue weighted by Gasteiger charge is -2.42. The molecule has 3 aliphatic rings. The highest BCUT2D eigenvalue weighted by molar-refractivity contribution is 5.66. The first-order valence-corrected chi connectivity index (χ1v) is 10.9. The summed E-state index contributed by atoms with van der Waals surface area (Å²) in [5.41, 5.74) is 4.03. The summed E-state index contributed by atoms with van der Waals surface area (Å²) in [5.74, 6) is 2.12. The fraction of sp³-hybridized carbons (Fsp3) is 0.542. The van der Waals surface area contributed by atoms with Gasteiger partial charge in [-0.15, -0.1) is 0 Å². The summed E-state index contributed by atoms with van der Waals surface area (Å²) < 4.78 is 2.11. The van der Waals surface area contributed by atoms with Crippen LogP contribution in [0.1, 0.15) is 50.1 Å². The molecule has 1 saturated heterocycles. The molecule has 1 aromatic carbocycles. The second-order valence-corrected chi connectivity index (χ2v) is 9.11. The molecule has 27 heavy (non-hydrogen) atoms. The van der Waals surface area contributed by atoms with Gasteiger partial charge in [-0.1, -0.05) is 49.6 Å². The molecule has 3 atom stereocenters. The molecule has 3 nitrogen and oxygen atoms in total. The van der Waals surface area contributed by atoms with Crippen LogP contribution < -0.4 is 10.5 Å². The van der Waals surface area contributed by atoms with Gasteiger partial charge in [-0.25, -0.2) is 0 Å². The lowest BCUT2D eigenvalue weighted by Crippen LogP contribution is -3.15. The topological polar surface area (TPSA) is 26.4 Å². The minimum atomic E-state index is 0.190. The number of aromatic nitrogens is 1. The number of rotatable bonds is 3. The van der Waals surface area contributed by atoms with E-state index in [9.17, 15) is 4.79 Å². The maximum atomic E-state index is 12.6. The number of hydrogen-bond donors (Lipinski definition) is 1. The van der Waals surface area contributed by atoms with Crippen molar-refractivity contribution in [2.24, 2.45) is 11.8 Å². The fourth-order valence-electron chi connectivity index (χ4n) is 6.07. The van der Waals surface area contributed by atoms with E-state index >= 15 is 0 Å². The van der Waals surface area contributed by atoms with Crippen LogP contribution in [-0.4, -0.2) is 24.2 Å². The summed E-state index contributed by atoms with van der Waals surface area (Å²) in [4.78, 5) is 14.4. The van der Waals surface area contributed by atoms with Crippen molar-refractivity contribution in [3.63, 3.8) is 0 Å². The Morgan fingerprint density at radius 3 is 2.59 bits per heavy atom. The normalized spacial score (nSPS) is 27.9. The Morgan fingerprint density at radius 2 is 1.78 bits per heavy atom. The molecule has 0 amide bonds. The van der Waals surface area contributed by atoms with Gasteiger partial charge in [0.25, 0.3) is 5.56 Å². The minimum absolute atomic E-state index is 0.190. The number of nitrogens with zero attached hydrogens (tertiary/aromatic N) is 1. The van der Waals surface area contributed by atoms with Gasteiger partial charge >= 0.3 is 0 Å². The van der Waals surface area contributed by atoms with Crippen molar-refractivity contribution in [1.82, 2.24) is 4.57 Å². The van der Waals surface area contributed by atoms with Crippen LogP contribution in [0, 0.1) is 11.8 Å². The number of fused-ring (bicyclic) bond motifs is 4. The van der Waals surface area contributed by atoms with Gasteiger partial charge in [0, 0.05) is 41.6 Å². The summed E-state index contributed by atoms with van der Waals surface area (Å²) in [6, 6.07) is 14.5. The molecular formula is C24H31N2O+. The Morgan fingerprint density at radius 1 is 0.963 bits per heavy atom. The minimum Gasteiger partial charge on any atom is -0.334 e. The zero-order valence-corrected chi connectivity index (χ0v) is 16.2. The third kappa shape index (κ3) is 3.38. The van der Waals surface area contributed by atoms with E-state index < -0.39 is 0 Å². The Kier molecular flexibility index (Phi) is 4.65. The zero-order valence-electron chi connectivity index (χ0n) is 16.2. The van der Waals surface area contributed by atoms with Crippen LogP contribution in [0.3, 0.4) is 0 Å². The summed E-state index contributed by atoms with van der Waals surface area (Å²) >= 11 is 0. The van der Waals surface area contributed by atoms with Gasteiger partial charge in [0.2, 0.25) is 0 Å². The van der Waals surface area contributed by atoms with E-state index in [2.05, 4.69) is 41.0 Å². The van der Waals surface area contributed by atoms with Crippen LogP contribution in [0.15, 0.2) is 47.3 Å². The maximum absolute atomic E-state index is 12.6. The zero-order chi connectivity index (χ0) is 18.2. The molecule has 1 aliphatic carbocycles. The highest BCUT2D eigenvalue weighted by Crippen LogP contribution is 2.36. The van der Waals surface area contributed by atoms with Crippen molar-refractivity contribution in [3.8, 4) is 11.1 Å². The number of likely N-dealkylation sites (tertiary alicyclic amines) is 1. The van der Waals surface area contributed by atoms with Crippen LogP contribution in [0.4, 0.5) is 0 Å². The predicted octanol–water partition coefficient (Wildman–Crippen LogP) is 3.10. The lowest BCUT2D eigenvalue weighted by atomic mass is 9.79. The highest BCUT2D eigenvalue weighted by Gasteiger charge is 2.39. The van der Waals surface area contributed by atoms with Crippen molar-refractivity contribution < 1.29 is 4.90 Å². The summed E-state index contributed by atoms with van der Waals surface area (Å²) in [7, 11) is 0. The summed E-state index contributed by atoms with van der Waals surface area (Å²) in [6.45, 7) is 4.73. The van der Waals surface area contributed by atoms with Gasteiger partial charge in [0.1, 0.15) is 0 Å². The van der Waals surface area contributed by atoms with Crippen molar-refractivity contribution >= 4 is 0 Å². The van der Waals surface area contributed by atoms with Crippen LogP contribution in [0.5, 0.6) is 0 Å². The number of quaternary nitrogens is 1. The SMILES string of the molecule is O=c1ccc(-c2ccccc2)c2n1C[C@H]1C[C@@H]2C[NH+](CC2CCCCC2)C1. The number of piperidine rings is 1. The molecular weight excluding hydrogens is 332 g/mol. The first-order chi connectivity index (χ1) is 13.3. The molecule has 2 fully saturated rings. The van der Waals surface area contributed by atoms with Gasteiger partial charge in [-0.3, -0.25) is 4.79 Å². The summed E-state index contributed by atoms with van der Waals surface area (Å²) in [5, 5.41) is 0. The van der Waals surface area contributed by atoms with E-state index in [1.165, 1.54) is 75.0 Å². The van der Waals surface area contributed by atoms with Gasteiger partial charge < -0.3 is 9.47 Å². The molecule has 2 bridgehead atoms. The smallest absolute Gasteiger partial charge is 0.250 e. The monoisotopic (exact) mass is 363 g/mol. The molecule has 2 aromatic rings. The van der Waals surface area contributed by atoms with Crippen molar-refractivity contribution in [2.75, 3.05) is 19.6 Å². The van der Waals surface area contributed by atoms with Gasteiger partial charge in [-0.2, -0.15) is 0 Å². The van der Waals surface area contributed by atoms with Crippen LogP contribution in [-0.2, 0) is 6.54 Å². The highest BCUT2D eigenvalue weighted by atomic mass is 16.1. The average Bonchev–Trinajstić information content (AvgIpc) is 2.70. The van der Waals surface area contributed by atoms with Crippen molar-refractivity contribution in [1.29, 1.82) is 0 Å². The third-order valence-electron chi connectivity index (χ3n) is 7.17. The predicted molar refractivity (Wildman–Crippen MR) is 109 cm³/mol.